The zero-order valence-electron chi connectivity index (χ0n) is 8.30. The summed E-state index contributed by atoms with van der Waals surface area (Å²) in [6.45, 7) is 0. The molecule has 0 radical (unpaired) electrons. The van der Waals surface area contributed by atoms with E-state index < -0.39 is 11.7 Å². The van der Waals surface area contributed by atoms with E-state index in [0.717, 1.165) is 6.07 Å². The molecule has 92 valence electrons. The highest BCUT2D eigenvalue weighted by Gasteiger charge is 2.34. The van der Waals surface area contributed by atoms with Gasteiger partial charge in [0.25, 0.3) is 0 Å². The van der Waals surface area contributed by atoms with Gasteiger partial charge >= 0.3 is 6.18 Å². The lowest BCUT2D eigenvalue weighted by molar-refractivity contribution is -0.138. The Morgan fingerprint density at radius 2 is 1.65 bits per heavy atom. The van der Waals surface area contributed by atoms with Crippen molar-refractivity contribution in [2.45, 2.75) is 6.18 Å². The molecule has 0 aliphatic rings. The monoisotopic (exact) mass is 370 g/mol. The molecular weight excluding hydrogens is 365 g/mol. The number of nitrogens with zero attached hydrogens (tertiary/aromatic N) is 1. The minimum atomic E-state index is -4.30. The Kier molecular flexibility index (Phi) is 5.20. The molecule has 0 unspecified atom stereocenters. The first-order valence-corrected chi connectivity index (χ1v) is 5.96. The molecule has 0 atom stereocenters. The maximum Gasteiger partial charge on any atom is 0.419 e. The molecule has 0 spiro atoms. The summed E-state index contributed by atoms with van der Waals surface area (Å²) in [5, 5.41) is 0. The molecule has 2 aromatic rings. The summed E-state index contributed by atoms with van der Waals surface area (Å²) in [4.78, 5) is 6.21. The van der Waals surface area contributed by atoms with Crippen LogP contribution in [0, 0.1) is 0 Å². The largest absolute Gasteiger partial charge is 0.419 e. The normalized spacial score (nSPS) is 10.6. The maximum absolute atomic E-state index is 12.0. The zero-order chi connectivity index (χ0) is 12.9. The van der Waals surface area contributed by atoms with Gasteiger partial charge in [-0.3, -0.25) is 4.98 Å². The van der Waals surface area contributed by atoms with Crippen molar-refractivity contribution in [1.82, 2.24) is 9.97 Å². The Hall–Kier alpha value is -0.820. The van der Waals surface area contributed by atoms with Crippen LogP contribution in [0.5, 0.6) is 0 Å². The van der Waals surface area contributed by atoms with E-state index in [0.29, 0.717) is 4.60 Å². The Morgan fingerprint density at radius 1 is 1.06 bits per heavy atom. The molecule has 0 saturated heterocycles. The van der Waals surface area contributed by atoms with Crippen LogP contribution in [0.4, 0.5) is 13.2 Å². The van der Waals surface area contributed by atoms with Crippen molar-refractivity contribution < 1.29 is 13.2 Å². The van der Waals surface area contributed by atoms with Crippen LogP contribution >= 0.6 is 31.9 Å². The summed E-state index contributed by atoms with van der Waals surface area (Å²) in [6, 6.07) is 6.69. The lowest BCUT2D eigenvalue weighted by Crippen LogP contribution is -2.03. The number of alkyl halides is 3. The van der Waals surface area contributed by atoms with E-state index in [-0.39, 0.29) is 4.60 Å². The fourth-order valence-electron chi connectivity index (χ4n) is 0.917. The number of hydrogen-bond acceptors (Lipinski definition) is 1. The molecule has 0 fully saturated rings. The Bertz CT molecular complexity index is 428. The number of hydrogen-bond donors (Lipinski definition) is 1. The zero-order valence-corrected chi connectivity index (χ0v) is 11.5. The van der Waals surface area contributed by atoms with Crippen LogP contribution in [0.1, 0.15) is 5.56 Å². The minimum absolute atomic E-state index is 0.0584. The number of pyridine rings is 1. The molecule has 17 heavy (non-hydrogen) atoms. The molecule has 2 aromatic heterocycles. The van der Waals surface area contributed by atoms with Crippen LogP contribution in [-0.4, -0.2) is 9.97 Å². The Balaban J connectivity index is 0.000000202. The number of aromatic amines is 1. The quantitative estimate of drug-likeness (QED) is 0.718. The molecule has 0 aliphatic heterocycles. The van der Waals surface area contributed by atoms with Crippen molar-refractivity contribution in [2.24, 2.45) is 0 Å². The number of aromatic nitrogens is 2. The predicted molar refractivity (Wildman–Crippen MR) is 65.4 cm³/mol. The second-order valence-electron chi connectivity index (χ2n) is 2.87. The number of rotatable bonds is 0. The van der Waals surface area contributed by atoms with Crippen molar-refractivity contribution in [1.29, 1.82) is 0 Å². The maximum atomic E-state index is 12.0. The van der Waals surface area contributed by atoms with Gasteiger partial charge < -0.3 is 4.98 Å². The van der Waals surface area contributed by atoms with E-state index in [4.69, 9.17) is 0 Å². The first kappa shape index (κ1) is 14.2. The van der Waals surface area contributed by atoms with Gasteiger partial charge in [-0.25, -0.2) is 0 Å². The Morgan fingerprint density at radius 3 is 1.82 bits per heavy atom. The van der Waals surface area contributed by atoms with Gasteiger partial charge in [0.1, 0.15) is 0 Å². The van der Waals surface area contributed by atoms with Gasteiger partial charge in [0.2, 0.25) is 0 Å². The number of halogens is 5. The third-order valence-corrected chi connectivity index (χ3v) is 2.66. The smallest absolute Gasteiger partial charge is 0.344 e. The van der Waals surface area contributed by atoms with Gasteiger partial charge in [-0.1, -0.05) is 6.07 Å². The molecule has 2 rings (SSSR count). The fourth-order valence-corrected chi connectivity index (χ4v) is 2.16. The summed E-state index contributed by atoms with van der Waals surface area (Å²) in [5.41, 5.74) is -0.704. The van der Waals surface area contributed by atoms with Gasteiger partial charge in [-0.2, -0.15) is 13.2 Å². The predicted octanol–water partition coefficient (Wildman–Crippen LogP) is 4.64. The molecule has 0 amide bonds. The van der Waals surface area contributed by atoms with E-state index in [1.54, 1.807) is 12.4 Å². The molecular formula is C10H7Br2F3N2. The molecule has 2 heterocycles. The standard InChI is InChI=1S/C5H2Br2F3N.C5H5N/c6-3-1-2(4(7)11-3)5(8,9)10;1-2-4-6-5-3-1/h1,11H;1-5H. The molecule has 7 heteroatoms. The second kappa shape index (κ2) is 6.20. The highest BCUT2D eigenvalue weighted by molar-refractivity contribution is 9.11. The van der Waals surface area contributed by atoms with Crippen LogP contribution < -0.4 is 0 Å². The van der Waals surface area contributed by atoms with Crippen LogP contribution in [0.15, 0.2) is 45.9 Å². The summed E-state index contributed by atoms with van der Waals surface area (Å²) in [7, 11) is 0. The Labute approximate surface area is 113 Å². The van der Waals surface area contributed by atoms with Crippen LogP contribution in [0.2, 0.25) is 0 Å². The summed E-state index contributed by atoms with van der Waals surface area (Å²) < 4.78 is 36.2. The lowest BCUT2D eigenvalue weighted by Gasteiger charge is -2.02. The fraction of sp³-hybridized carbons (Fsp3) is 0.100. The molecule has 0 aliphatic carbocycles. The van der Waals surface area contributed by atoms with E-state index in [2.05, 4.69) is 41.8 Å². The first-order valence-electron chi connectivity index (χ1n) is 4.37. The van der Waals surface area contributed by atoms with Gasteiger partial charge in [0.15, 0.2) is 0 Å². The van der Waals surface area contributed by atoms with Crippen molar-refractivity contribution in [2.75, 3.05) is 0 Å². The summed E-state index contributed by atoms with van der Waals surface area (Å²) in [6.07, 6.45) is -0.804. The highest BCUT2D eigenvalue weighted by Crippen LogP contribution is 2.36. The van der Waals surface area contributed by atoms with Crippen LogP contribution in [0.25, 0.3) is 0 Å². The van der Waals surface area contributed by atoms with Gasteiger partial charge in [0, 0.05) is 12.4 Å². The van der Waals surface area contributed by atoms with Crippen LogP contribution in [-0.2, 0) is 6.18 Å². The highest BCUT2D eigenvalue weighted by atomic mass is 79.9. The van der Waals surface area contributed by atoms with Crippen molar-refractivity contribution in [3.8, 4) is 0 Å². The molecule has 0 saturated carbocycles. The topological polar surface area (TPSA) is 28.7 Å². The second-order valence-corrected chi connectivity index (χ2v) is 4.51. The average Bonchev–Trinajstić information content (AvgIpc) is 2.61. The molecule has 0 bridgehead atoms. The molecule has 2 nitrogen and oxygen atoms in total. The van der Waals surface area contributed by atoms with Gasteiger partial charge in [-0.15, -0.1) is 0 Å². The van der Waals surface area contributed by atoms with Crippen molar-refractivity contribution >= 4 is 31.9 Å². The SMILES string of the molecule is FC(F)(F)c1cc(Br)[nH]c1Br.c1ccncc1. The number of H-pyrrole nitrogens is 1. The van der Waals surface area contributed by atoms with E-state index in [1.165, 1.54) is 0 Å². The van der Waals surface area contributed by atoms with Gasteiger partial charge in [-0.05, 0) is 50.1 Å². The third kappa shape index (κ3) is 4.91. The lowest BCUT2D eigenvalue weighted by atomic mass is 10.3. The van der Waals surface area contributed by atoms with E-state index in [1.807, 2.05) is 18.2 Å². The minimum Gasteiger partial charge on any atom is -0.344 e. The van der Waals surface area contributed by atoms with E-state index >= 15 is 0 Å². The first-order chi connectivity index (χ1) is 7.91. The molecule has 0 aromatic carbocycles. The van der Waals surface area contributed by atoms with Crippen LogP contribution in [0.3, 0.4) is 0 Å². The van der Waals surface area contributed by atoms with Crippen molar-refractivity contribution in [3.05, 3.63) is 51.4 Å². The summed E-state index contributed by atoms with van der Waals surface area (Å²) >= 11 is 5.64. The summed E-state index contributed by atoms with van der Waals surface area (Å²) in [5.74, 6) is 0. The van der Waals surface area contributed by atoms with Crippen molar-refractivity contribution in [3.63, 3.8) is 0 Å². The van der Waals surface area contributed by atoms with E-state index in [9.17, 15) is 13.2 Å². The van der Waals surface area contributed by atoms with Gasteiger partial charge in [0.05, 0.1) is 14.8 Å². The molecule has 1 N–H and O–H groups in total. The number of nitrogens with one attached hydrogen (secondary N) is 1. The average molecular weight is 372 g/mol. The third-order valence-electron chi connectivity index (χ3n) is 1.61.